The molecule has 232 valence electrons. The molecule has 0 spiro atoms. The molecule has 1 saturated heterocycles. The average molecular weight is 622 g/mol. The van der Waals surface area contributed by atoms with Gasteiger partial charge in [-0.2, -0.15) is 4.72 Å². The van der Waals surface area contributed by atoms with Crippen molar-refractivity contribution in [3.05, 3.63) is 101 Å². The van der Waals surface area contributed by atoms with E-state index in [0.717, 1.165) is 18.2 Å². The Morgan fingerprint density at radius 3 is 2.43 bits per heavy atom. The molecule has 1 aliphatic heterocycles. The number of cyclic esters (lactones) is 1. The quantitative estimate of drug-likeness (QED) is 0.135. The van der Waals surface area contributed by atoms with Crippen LogP contribution in [0.15, 0.2) is 83.8 Å². The fraction of sp³-hybridized carbons (Fsp3) is 0.290. The van der Waals surface area contributed by atoms with E-state index in [2.05, 4.69) is 10.0 Å². The minimum atomic E-state index is -4.10. The van der Waals surface area contributed by atoms with E-state index in [1.165, 1.54) is 12.1 Å². The summed E-state index contributed by atoms with van der Waals surface area (Å²) in [5.74, 6) is -1.51. The minimum absolute atomic E-state index is 0.0331. The number of hydrogen-bond acceptors (Lipinski definition) is 8. The minimum Gasteiger partial charge on any atom is -0.468 e. The number of benzene rings is 3. The van der Waals surface area contributed by atoms with E-state index in [1.807, 2.05) is 30.3 Å². The number of nitrogens with one attached hydrogen (secondary N) is 3. The lowest BCUT2D eigenvalue weighted by Crippen LogP contribution is -2.50. The summed E-state index contributed by atoms with van der Waals surface area (Å²) < 4.78 is 38.5. The van der Waals surface area contributed by atoms with E-state index in [4.69, 9.17) is 20.6 Å². The summed E-state index contributed by atoms with van der Waals surface area (Å²) in [4.78, 5) is 40.1. The van der Waals surface area contributed by atoms with Crippen molar-refractivity contribution in [2.45, 2.75) is 49.4 Å². The molecule has 12 nitrogen and oxygen atoms in total. The Bertz CT molecular complexity index is 1610. The van der Waals surface area contributed by atoms with Crippen molar-refractivity contribution in [2.24, 2.45) is 5.73 Å². The lowest BCUT2D eigenvalue weighted by molar-refractivity contribution is -0.142. The molecule has 2 amide bonds. The van der Waals surface area contributed by atoms with Gasteiger partial charge in [-0.05, 0) is 35.7 Å². The zero-order chi connectivity index (χ0) is 31.9. The van der Waals surface area contributed by atoms with E-state index < -0.39 is 46.2 Å². The number of carbonyl (C=O) groups excluding carboxylic acids is 3. The largest absolute Gasteiger partial charge is 0.468 e. The first-order valence-electron chi connectivity index (χ1n) is 13.9. The van der Waals surface area contributed by atoms with Crippen LogP contribution in [-0.2, 0) is 35.6 Å². The normalized spacial score (nSPS) is 17.3. The van der Waals surface area contributed by atoms with Crippen LogP contribution < -0.4 is 15.8 Å². The van der Waals surface area contributed by atoms with Crippen LogP contribution in [0.3, 0.4) is 0 Å². The van der Waals surface area contributed by atoms with Gasteiger partial charge in [0.05, 0.1) is 24.5 Å². The Kier molecular flexibility index (Phi) is 10.3. The third-order valence-corrected chi connectivity index (χ3v) is 8.64. The molecule has 5 N–H and O–H groups in total. The van der Waals surface area contributed by atoms with E-state index in [1.54, 1.807) is 48.2 Å². The molecular formula is C31H35N5O7S. The summed E-state index contributed by atoms with van der Waals surface area (Å²) in [6.07, 6.45) is -1.33. The van der Waals surface area contributed by atoms with Gasteiger partial charge in [-0.1, -0.05) is 66.7 Å². The van der Waals surface area contributed by atoms with E-state index >= 15 is 0 Å². The number of nitrogens with two attached hydrogens (primary N) is 1. The lowest BCUT2D eigenvalue weighted by atomic mass is 9.94. The first-order chi connectivity index (χ1) is 21.0. The Balaban J connectivity index is 1.45. The molecule has 1 aliphatic rings. The Morgan fingerprint density at radius 2 is 1.80 bits per heavy atom. The third-order valence-electron chi connectivity index (χ3n) is 7.17. The predicted molar refractivity (Wildman–Crippen MR) is 162 cm³/mol. The van der Waals surface area contributed by atoms with Gasteiger partial charge in [0, 0.05) is 25.1 Å². The number of methoxy groups -OCH3 is 1. The van der Waals surface area contributed by atoms with Crippen molar-refractivity contribution in [3.8, 4) is 0 Å². The Labute approximate surface area is 256 Å². The Hall–Kier alpha value is -4.75. The highest BCUT2D eigenvalue weighted by molar-refractivity contribution is 7.89. The number of sulfonamides is 1. The van der Waals surface area contributed by atoms with Gasteiger partial charge in [-0.3, -0.25) is 19.9 Å². The first-order valence-corrected chi connectivity index (χ1v) is 15.3. The number of carbonyl (C=O) groups is 3. The van der Waals surface area contributed by atoms with Gasteiger partial charge >= 0.3 is 12.1 Å². The summed E-state index contributed by atoms with van der Waals surface area (Å²) in [7, 11) is -2.98. The molecular weight excluding hydrogens is 586 g/mol. The van der Waals surface area contributed by atoms with Crippen LogP contribution in [-0.4, -0.2) is 62.9 Å². The molecule has 13 heteroatoms. The summed E-state index contributed by atoms with van der Waals surface area (Å²) in [6, 6.07) is 20.7. The van der Waals surface area contributed by atoms with Crippen LogP contribution >= 0.6 is 0 Å². The number of aryl methyl sites for hydroxylation is 1. The fourth-order valence-corrected chi connectivity index (χ4v) is 6.18. The highest BCUT2D eigenvalue weighted by Crippen LogP contribution is 2.34. The molecule has 3 aromatic carbocycles. The van der Waals surface area contributed by atoms with Gasteiger partial charge in [0.1, 0.15) is 18.0 Å². The van der Waals surface area contributed by atoms with Crippen LogP contribution in [0.5, 0.6) is 0 Å². The summed E-state index contributed by atoms with van der Waals surface area (Å²) in [6.45, 7) is 1.63. The van der Waals surface area contributed by atoms with Crippen LogP contribution in [0.1, 0.15) is 41.1 Å². The molecule has 0 aliphatic carbocycles. The molecule has 0 aromatic heterocycles. The molecule has 0 radical (unpaired) electrons. The zero-order valence-corrected chi connectivity index (χ0v) is 25.2. The number of nitrogen functional groups attached to an aromatic ring is 1. The number of nitrogens with zero attached hydrogens (tertiary/aromatic N) is 1. The van der Waals surface area contributed by atoms with Crippen molar-refractivity contribution in [2.75, 3.05) is 13.7 Å². The van der Waals surface area contributed by atoms with Crippen molar-refractivity contribution in [3.63, 3.8) is 0 Å². The highest BCUT2D eigenvalue weighted by Gasteiger charge is 2.37. The van der Waals surface area contributed by atoms with Crippen molar-refractivity contribution >= 4 is 33.8 Å². The van der Waals surface area contributed by atoms with Crippen LogP contribution in [0, 0.1) is 12.3 Å². The molecule has 1 heterocycles. The molecule has 1 fully saturated rings. The van der Waals surface area contributed by atoms with E-state index in [0.29, 0.717) is 11.1 Å². The number of esters is 1. The van der Waals surface area contributed by atoms with Gasteiger partial charge in [0.25, 0.3) is 0 Å². The number of amidine groups is 1. The average Bonchev–Trinajstić information content (AvgIpc) is 3.00. The predicted octanol–water partition coefficient (Wildman–Crippen LogP) is 2.76. The SMILES string of the molecule is COC(=O)[C@H](CNC(=O)C[C@H]1C[C@@H](c2ccc(C(=N)N)cc2)N(Cc2ccccc2)C(=O)O1)NS(=O)(=O)c1cccc(C)c1. The number of hydrogen-bond donors (Lipinski definition) is 4. The van der Waals surface area contributed by atoms with E-state index in [9.17, 15) is 22.8 Å². The van der Waals surface area contributed by atoms with Crippen LogP contribution in [0.25, 0.3) is 0 Å². The molecule has 0 bridgehead atoms. The maximum atomic E-state index is 13.2. The number of amides is 2. The molecule has 0 saturated carbocycles. The van der Waals surface area contributed by atoms with Crippen LogP contribution in [0.2, 0.25) is 0 Å². The van der Waals surface area contributed by atoms with Gasteiger partial charge in [0.2, 0.25) is 15.9 Å². The monoisotopic (exact) mass is 621 g/mol. The maximum Gasteiger partial charge on any atom is 0.410 e. The second-order valence-electron chi connectivity index (χ2n) is 10.4. The maximum absolute atomic E-state index is 13.2. The van der Waals surface area contributed by atoms with Crippen molar-refractivity contribution in [1.29, 1.82) is 5.41 Å². The highest BCUT2D eigenvalue weighted by atomic mass is 32.2. The van der Waals surface area contributed by atoms with Gasteiger partial charge in [0.15, 0.2) is 0 Å². The third kappa shape index (κ3) is 8.20. The molecule has 4 rings (SSSR count). The first kappa shape index (κ1) is 32.2. The molecule has 3 aromatic rings. The van der Waals surface area contributed by atoms with Gasteiger partial charge in [-0.25, -0.2) is 13.2 Å². The zero-order valence-electron chi connectivity index (χ0n) is 24.4. The van der Waals surface area contributed by atoms with Crippen molar-refractivity contribution in [1.82, 2.24) is 14.9 Å². The summed E-state index contributed by atoms with van der Waals surface area (Å²) in [5, 5.41) is 10.2. The fourth-order valence-electron chi connectivity index (χ4n) is 4.89. The van der Waals surface area contributed by atoms with Crippen LogP contribution in [0.4, 0.5) is 4.79 Å². The smallest absolute Gasteiger partial charge is 0.410 e. The van der Waals surface area contributed by atoms with Gasteiger partial charge < -0.3 is 20.5 Å². The lowest BCUT2D eigenvalue weighted by Gasteiger charge is -2.39. The standard InChI is InChI=1S/C31H35N5O7S/c1-20-7-6-10-25(15-20)44(40,41)35-26(30(38)42-2)18-34-28(37)17-24-16-27(22-11-13-23(14-12-22)29(32)33)36(31(39)43-24)19-21-8-4-3-5-9-21/h3-15,24,26-27,35H,16-19H2,1-2H3,(H3,32,33)(H,34,37)/t24-,26+,27+/m1/s1. The summed E-state index contributed by atoms with van der Waals surface area (Å²) in [5.41, 5.74) is 8.54. The van der Waals surface area contributed by atoms with Gasteiger partial charge in [-0.15, -0.1) is 0 Å². The topological polar surface area (TPSA) is 181 Å². The Morgan fingerprint density at radius 1 is 1.09 bits per heavy atom. The second kappa shape index (κ2) is 14.1. The number of ether oxygens (including phenoxy) is 2. The van der Waals surface area contributed by atoms with E-state index in [-0.39, 0.29) is 36.7 Å². The molecule has 3 atom stereocenters. The molecule has 44 heavy (non-hydrogen) atoms. The summed E-state index contributed by atoms with van der Waals surface area (Å²) >= 11 is 0. The molecule has 0 unspecified atom stereocenters. The van der Waals surface area contributed by atoms with Crippen molar-refractivity contribution < 1.29 is 32.3 Å². The number of rotatable bonds is 12. The second-order valence-corrected chi connectivity index (χ2v) is 12.1.